The van der Waals surface area contributed by atoms with Crippen LogP contribution < -0.4 is 5.73 Å². The van der Waals surface area contributed by atoms with E-state index in [0.717, 1.165) is 22.9 Å². The summed E-state index contributed by atoms with van der Waals surface area (Å²) < 4.78 is 5.20. The molecule has 3 N–H and O–H groups in total. The van der Waals surface area contributed by atoms with E-state index in [9.17, 15) is 4.79 Å². The van der Waals surface area contributed by atoms with Crippen molar-refractivity contribution in [2.45, 2.75) is 32.7 Å². The number of benzene rings is 1. The Bertz CT molecular complexity index is 580. The van der Waals surface area contributed by atoms with Gasteiger partial charge in [-0.3, -0.25) is 4.79 Å². The van der Waals surface area contributed by atoms with Crippen molar-refractivity contribution in [3.8, 4) is 0 Å². The van der Waals surface area contributed by atoms with E-state index in [1.54, 1.807) is 0 Å². The molecule has 2 rings (SSSR count). The van der Waals surface area contributed by atoms with Gasteiger partial charge in [0, 0.05) is 23.5 Å². The highest BCUT2D eigenvalue weighted by Crippen LogP contribution is 2.18. The molecule has 0 aliphatic carbocycles. The second kappa shape index (κ2) is 8.05. The van der Waals surface area contributed by atoms with Crippen LogP contribution >= 0.6 is 12.4 Å². The van der Waals surface area contributed by atoms with Crippen molar-refractivity contribution < 1.29 is 9.53 Å². The molecule has 1 aromatic carbocycles. The predicted octanol–water partition coefficient (Wildman–Crippen LogP) is 3.05. The number of hydrogen-bond acceptors (Lipinski definition) is 3. The lowest BCUT2D eigenvalue weighted by atomic mass is 10.1. The van der Waals surface area contributed by atoms with Gasteiger partial charge in [0.25, 0.3) is 0 Å². The number of para-hydroxylation sites is 1. The Morgan fingerprint density at radius 2 is 2.05 bits per heavy atom. The maximum atomic E-state index is 11.8. The molecule has 4 nitrogen and oxygen atoms in total. The molecule has 0 aliphatic heterocycles. The van der Waals surface area contributed by atoms with Crippen LogP contribution in [-0.2, 0) is 16.0 Å². The number of nitrogens with one attached hydrogen (secondary N) is 1. The van der Waals surface area contributed by atoms with E-state index in [-0.39, 0.29) is 18.4 Å². The van der Waals surface area contributed by atoms with Crippen LogP contribution in [0, 0.1) is 5.92 Å². The number of ether oxygens (including phenoxy) is 1. The van der Waals surface area contributed by atoms with Crippen LogP contribution in [0.3, 0.4) is 0 Å². The fraction of sp³-hybridized carbons (Fsp3) is 0.438. The molecule has 116 valence electrons. The topological polar surface area (TPSA) is 68.1 Å². The molecule has 5 heteroatoms. The van der Waals surface area contributed by atoms with Gasteiger partial charge in [0.2, 0.25) is 0 Å². The number of esters is 1. The summed E-state index contributed by atoms with van der Waals surface area (Å²) in [6, 6.07) is 7.37. The molecule has 1 aromatic heterocycles. The molecule has 1 atom stereocenters. The monoisotopic (exact) mass is 310 g/mol. The Hall–Kier alpha value is -1.52. The van der Waals surface area contributed by atoms with E-state index in [1.165, 1.54) is 0 Å². The molecule has 0 saturated heterocycles. The van der Waals surface area contributed by atoms with Crippen LogP contribution in [0.5, 0.6) is 0 Å². The Labute approximate surface area is 131 Å². The van der Waals surface area contributed by atoms with E-state index in [0.29, 0.717) is 18.9 Å². The summed E-state index contributed by atoms with van der Waals surface area (Å²) in [5, 5.41) is 1.11. The zero-order chi connectivity index (χ0) is 14.5. The Morgan fingerprint density at radius 1 is 1.33 bits per heavy atom. The van der Waals surface area contributed by atoms with Crippen LogP contribution in [0.15, 0.2) is 30.5 Å². The van der Waals surface area contributed by atoms with Crippen LogP contribution in [0.4, 0.5) is 0 Å². The van der Waals surface area contributed by atoms with Gasteiger partial charge >= 0.3 is 5.97 Å². The summed E-state index contributed by atoms with van der Waals surface area (Å²) in [5.41, 5.74) is 8.04. The summed E-state index contributed by atoms with van der Waals surface area (Å²) in [6.07, 6.45) is 3.27. The molecule has 1 unspecified atom stereocenters. The predicted molar refractivity (Wildman–Crippen MR) is 87.6 cm³/mol. The average Bonchev–Trinajstić information content (AvgIpc) is 2.81. The van der Waals surface area contributed by atoms with Gasteiger partial charge in [-0.05, 0) is 24.0 Å². The number of H-pyrrole nitrogens is 1. The van der Waals surface area contributed by atoms with Gasteiger partial charge < -0.3 is 15.5 Å². The van der Waals surface area contributed by atoms with E-state index in [2.05, 4.69) is 18.8 Å². The van der Waals surface area contributed by atoms with E-state index < -0.39 is 6.04 Å². The lowest BCUT2D eigenvalue weighted by molar-refractivity contribution is -0.145. The largest absolute Gasteiger partial charge is 0.465 e. The number of aromatic amines is 1. The minimum absolute atomic E-state index is 0. The first-order valence-electron chi connectivity index (χ1n) is 7.05. The summed E-state index contributed by atoms with van der Waals surface area (Å²) in [6.45, 7) is 4.64. The maximum Gasteiger partial charge on any atom is 0.323 e. The highest BCUT2D eigenvalue weighted by molar-refractivity contribution is 5.85. The first kappa shape index (κ1) is 17.5. The van der Waals surface area contributed by atoms with E-state index in [1.807, 2.05) is 30.5 Å². The van der Waals surface area contributed by atoms with E-state index >= 15 is 0 Å². The van der Waals surface area contributed by atoms with Crippen LogP contribution in [0.2, 0.25) is 0 Å². The molecule has 2 aromatic rings. The van der Waals surface area contributed by atoms with Gasteiger partial charge in [-0.1, -0.05) is 32.0 Å². The Balaban J connectivity index is 0.00000220. The highest BCUT2D eigenvalue weighted by atomic mass is 35.5. The molecule has 0 saturated carbocycles. The lowest BCUT2D eigenvalue weighted by Gasteiger charge is -2.12. The highest BCUT2D eigenvalue weighted by Gasteiger charge is 2.17. The summed E-state index contributed by atoms with van der Waals surface area (Å²) in [4.78, 5) is 15.0. The first-order chi connectivity index (χ1) is 9.58. The number of carbonyl (C=O) groups excluding carboxylic acids is 1. The third-order valence-corrected chi connectivity index (χ3v) is 3.36. The summed E-state index contributed by atoms with van der Waals surface area (Å²) in [7, 11) is 0. The number of carbonyl (C=O) groups is 1. The standard InChI is InChI=1S/C16H22N2O2.ClH/c1-11(2)7-8-20-16(19)14(17)9-12-10-18-15-6-4-3-5-13(12)15;/h3-6,10-11,14,18H,7-9,17H2,1-2H3;1H. The lowest BCUT2D eigenvalue weighted by Crippen LogP contribution is -2.34. The molecule has 21 heavy (non-hydrogen) atoms. The van der Waals surface area contributed by atoms with Crippen LogP contribution in [0.25, 0.3) is 10.9 Å². The minimum atomic E-state index is -0.610. The fourth-order valence-electron chi connectivity index (χ4n) is 2.12. The molecular weight excluding hydrogens is 288 g/mol. The van der Waals surface area contributed by atoms with Crippen molar-refractivity contribution in [3.05, 3.63) is 36.0 Å². The molecule has 0 bridgehead atoms. The smallest absolute Gasteiger partial charge is 0.323 e. The minimum Gasteiger partial charge on any atom is -0.465 e. The molecular formula is C16H23ClN2O2. The van der Waals surface area contributed by atoms with Gasteiger partial charge in [0.15, 0.2) is 0 Å². The molecule has 0 fully saturated rings. The molecule has 1 heterocycles. The van der Waals surface area contributed by atoms with Gasteiger partial charge in [-0.25, -0.2) is 0 Å². The SMILES string of the molecule is CC(C)CCOC(=O)C(N)Cc1c[nH]c2ccccc12.Cl. The molecule has 0 radical (unpaired) electrons. The average molecular weight is 311 g/mol. The zero-order valence-electron chi connectivity index (χ0n) is 12.5. The van der Waals surface area contributed by atoms with Crippen molar-refractivity contribution in [1.29, 1.82) is 0 Å². The van der Waals surface area contributed by atoms with Gasteiger partial charge in [-0.15, -0.1) is 12.4 Å². The van der Waals surface area contributed by atoms with Crippen LogP contribution in [-0.4, -0.2) is 23.6 Å². The summed E-state index contributed by atoms with van der Waals surface area (Å²) in [5.74, 6) is 0.198. The zero-order valence-corrected chi connectivity index (χ0v) is 13.3. The van der Waals surface area contributed by atoms with Gasteiger partial charge in [-0.2, -0.15) is 0 Å². The number of aromatic nitrogens is 1. The third kappa shape index (κ3) is 4.76. The van der Waals surface area contributed by atoms with Crippen molar-refractivity contribution in [3.63, 3.8) is 0 Å². The van der Waals surface area contributed by atoms with Crippen molar-refractivity contribution in [1.82, 2.24) is 4.98 Å². The number of hydrogen-bond donors (Lipinski definition) is 2. The first-order valence-corrected chi connectivity index (χ1v) is 7.05. The number of halogens is 1. The quantitative estimate of drug-likeness (QED) is 0.806. The Kier molecular flexibility index (Phi) is 6.72. The normalized spacial score (nSPS) is 12.2. The number of rotatable bonds is 6. The fourth-order valence-corrected chi connectivity index (χ4v) is 2.12. The van der Waals surface area contributed by atoms with Crippen molar-refractivity contribution in [2.24, 2.45) is 11.7 Å². The van der Waals surface area contributed by atoms with Crippen molar-refractivity contribution in [2.75, 3.05) is 6.61 Å². The second-order valence-electron chi connectivity index (χ2n) is 5.52. The van der Waals surface area contributed by atoms with Gasteiger partial charge in [0.05, 0.1) is 6.61 Å². The van der Waals surface area contributed by atoms with Crippen LogP contribution in [0.1, 0.15) is 25.8 Å². The molecule has 0 aliphatic rings. The maximum absolute atomic E-state index is 11.8. The number of nitrogens with two attached hydrogens (primary N) is 1. The summed E-state index contributed by atoms with van der Waals surface area (Å²) >= 11 is 0. The van der Waals surface area contributed by atoms with E-state index in [4.69, 9.17) is 10.5 Å². The molecule has 0 spiro atoms. The second-order valence-corrected chi connectivity index (χ2v) is 5.52. The third-order valence-electron chi connectivity index (χ3n) is 3.36. The van der Waals surface area contributed by atoms with Crippen molar-refractivity contribution >= 4 is 29.3 Å². The Morgan fingerprint density at radius 3 is 2.76 bits per heavy atom. The van der Waals surface area contributed by atoms with Gasteiger partial charge in [0.1, 0.15) is 6.04 Å². The molecule has 0 amide bonds. The number of fused-ring (bicyclic) bond motifs is 1.